The fraction of sp³-hybridized carbons (Fsp3) is 0.374. The molecule has 1 saturated carbocycles. The second kappa shape index (κ2) is 52.7. The molecule has 0 aromatic heterocycles. The molecule has 3 aliphatic heterocycles. The zero-order chi connectivity index (χ0) is 91.6. The molecule has 7 atom stereocenters. The van der Waals surface area contributed by atoms with E-state index in [0.717, 1.165) is 59.6 Å². The summed E-state index contributed by atoms with van der Waals surface area (Å²) in [6, 6.07) is 79.5. The summed E-state index contributed by atoms with van der Waals surface area (Å²) in [6.07, 6.45) is 19.5. The fourth-order valence-electron chi connectivity index (χ4n) is 17.2. The van der Waals surface area contributed by atoms with E-state index in [1.807, 2.05) is 229 Å². The van der Waals surface area contributed by atoms with Gasteiger partial charge in [0.25, 0.3) is 5.91 Å². The molecular weight excluding hydrogens is 1630 g/mol. The Hall–Kier alpha value is -12.7. The van der Waals surface area contributed by atoms with E-state index in [1.54, 1.807) is 24.3 Å². The summed E-state index contributed by atoms with van der Waals surface area (Å²) in [5, 5.41) is 27.8. The SMILES string of the molecule is C=CCOC(CN1CC[C@@H](CNC(=O)c2ccc3ccccc3c2)N[C@@H](CCCN=C(N)N)C1=O)c1ccccc1.CC(=O)NCCC[C@@H]1N[C@H](CNC(=O)/C=C/c2ccc(C)cc2)CCN(CC(c2ccccc2)c2ccccc2)C1=O.Cc1ccc(/C=C/C(=O)NC[C@@H]2CCN(CC(c3ccccc3)c3ccccc3)C(=O)[C@H](CCCNC(=O)C3CCCCC3)N2)cc1. The number of ether oxygens (including phenoxy) is 1. The molecule has 12 N–H and O–H groups in total. The van der Waals surface area contributed by atoms with Gasteiger partial charge in [0, 0.05) is 133 Å². The molecule has 8 amide bonds. The molecule has 1 unspecified atom stereocenters. The summed E-state index contributed by atoms with van der Waals surface area (Å²) < 4.78 is 6.08. The first-order valence-corrected chi connectivity index (χ1v) is 46.3. The van der Waals surface area contributed by atoms with E-state index in [4.69, 9.17) is 16.2 Å². The minimum Gasteiger partial charge on any atom is -0.370 e. The number of hydrogen-bond donors (Lipinski definition) is 10. The van der Waals surface area contributed by atoms with E-state index >= 15 is 0 Å². The van der Waals surface area contributed by atoms with E-state index in [0.29, 0.717) is 142 Å². The van der Waals surface area contributed by atoms with Crippen LogP contribution in [0, 0.1) is 19.8 Å². The van der Waals surface area contributed by atoms with Crippen molar-refractivity contribution in [2.45, 2.75) is 165 Å². The molecule has 0 spiro atoms. The third kappa shape index (κ3) is 32.2. The minimum absolute atomic E-state index is 0.00110. The smallest absolute Gasteiger partial charge is 0.251 e. The molecule has 684 valence electrons. The Bertz CT molecular complexity index is 5050. The number of nitrogens with two attached hydrogens (primary N) is 2. The summed E-state index contributed by atoms with van der Waals surface area (Å²) >= 11 is 0. The van der Waals surface area contributed by atoms with Gasteiger partial charge in [-0.25, -0.2) is 0 Å². The lowest BCUT2D eigenvalue weighted by molar-refractivity contribution is -0.135. The third-order valence-corrected chi connectivity index (χ3v) is 24.5. The Labute approximate surface area is 767 Å². The van der Waals surface area contributed by atoms with Gasteiger partial charge in [-0.15, -0.1) is 6.58 Å². The monoisotopic (exact) mass is 1760 g/mol. The molecule has 4 aliphatic rings. The molecule has 130 heavy (non-hydrogen) atoms. The van der Waals surface area contributed by atoms with Crippen LogP contribution in [-0.2, 0) is 38.3 Å². The predicted molar refractivity (Wildman–Crippen MR) is 520 cm³/mol. The first kappa shape index (κ1) is 97.9. The maximum Gasteiger partial charge on any atom is 0.251 e. The van der Waals surface area contributed by atoms with E-state index < -0.39 is 18.1 Å². The van der Waals surface area contributed by atoms with Crippen LogP contribution in [0.4, 0.5) is 0 Å². The third-order valence-electron chi connectivity index (χ3n) is 24.5. The van der Waals surface area contributed by atoms with Crippen LogP contribution >= 0.6 is 0 Å². The lowest BCUT2D eigenvalue weighted by atomic mass is 9.88. The summed E-state index contributed by atoms with van der Waals surface area (Å²) in [7, 11) is 0. The highest BCUT2D eigenvalue weighted by molar-refractivity contribution is 5.99. The number of rotatable bonds is 38. The van der Waals surface area contributed by atoms with Gasteiger partial charge in [0.15, 0.2) is 5.96 Å². The summed E-state index contributed by atoms with van der Waals surface area (Å²) in [6.45, 7) is 15.7. The molecule has 9 aromatic carbocycles. The molecule has 0 bridgehead atoms. The molecular formula is C107H132N14O9. The van der Waals surface area contributed by atoms with Crippen molar-refractivity contribution in [3.63, 3.8) is 0 Å². The van der Waals surface area contributed by atoms with Crippen molar-refractivity contribution < 1.29 is 43.1 Å². The Balaban J connectivity index is 0.000000189. The molecule has 0 radical (unpaired) electrons. The number of guanidine groups is 1. The van der Waals surface area contributed by atoms with Gasteiger partial charge >= 0.3 is 0 Å². The number of nitrogens with zero attached hydrogens (tertiary/aromatic N) is 4. The van der Waals surface area contributed by atoms with Gasteiger partial charge in [-0.1, -0.05) is 267 Å². The van der Waals surface area contributed by atoms with Crippen molar-refractivity contribution in [3.8, 4) is 0 Å². The molecule has 4 fully saturated rings. The number of aryl methyl sites for hydroxylation is 2. The fourth-order valence-corrected chi connectivity index (χ4v) is 17.2. The van der Waals surface area contributed by atoms with Crippen LogP contribution in [0.3, 0.4) is 0 Å². The minimum atomic E-state index is -0.440. The van der Waals surface area contributed by atoms with E-state index in [-0.39, 0.29) is 95.2 Å². The quantitative estimate of drug-likeness (QED) is 0.00566. The number of aliphatic imine (C=N–C) groups is 1. The Kier molecular flexibility index (Phi) is 39.7. The standard InChI is InChI=1S/C40H50N4O3.C35H42N4O3.C32H40N6O3/c1-30-19-21-31(22-20-30)23-24-38(45)42-28-35-25-27-44(29-36(32-12-5-2-6-13-32)33-14-7-3-8-15-33)40(47)37(43-35)18-11-26-41-39(46)34-16-9-4-10-17-34;1-26-15-17-28(18-16-26)19-20-34(41)37-24-31-21-23-39(35(42)33(38-31)14-9-22-36-27(2)40)25-32(29-10-5-3-6-11-29)30-12-7-4-8-13-30;1-2-19-41-29(24-10-4-3-5-11-24)22-38-18-16-27(37-28(31(38)40)13-8-17-35-32(33)34)21-36-30(39)26-15-14-23-9-6-7-12-25(23)20-26/h2-3,5-8,12-15,19-24,34-37,43H,4,9-11,16-18,25-29H2,1H3,(H,41,46)(H,42,45);3-8,10-13,15-20,31-33,38H,9,14,21-25H2,1-2H3,(H,36,40)(H,37,41);2-7,9-12,14-15,20,27-29,37H,1,8,13,16-19,21-22H2,(H,36,39)(H4,33,34,35)/b24-23+;20-19+;/t35-,37-;31-,33-;27-,28-,29?/m000/s1. The van der Waals surface area contributed by atoms with Gasteiger partial charge in [0.1, 0.15) is 6.10 Å². The summed E-state index contributed by atoms with van der Waals surface area (Å²) in [5.41, 5.74) is 21.5. The Morgan fingerprint density at radius 1 is 0.462 bits per heavy atom. The normalized spacial score (nSPS) is 18.2. The van der Waals surface area contributed by atoms with Crippen molar-refractivity contribution in [2.24, 2.45) is 22.4 Å². The van der Waals surface area contributed by atoms with Crippen molar-refractivity contribution in [1.82, 2.24) is 57.2 Å². The van der Waals surface area contributed by atoms with Crippen molar-refractivity contribution in [3.05, 3.63) is 323 Å². The number of benzene rings is 9. The van der Waals surface area contributed by atoms with Crippen molar-refractivity contribution in [1.29, 1.82) is 0 Å². The zero-order valence-corrected chi connectivity index (χ0v) is 75.7. The highest BCUT2D eigenvalue weighted by Gasteiger charge is 2.37. The van der Waals surface area contributed by atoms with Crippen LogP contribution in [0.1, 0.15) is 175 Å². The largest absolute Gasteiger partial charge is 0.370 e. The van der Waals surface area contributed by atoms with Gasteiger partial charge in [-0.2, -0.15) is 0 Å². The molecule has 9 aromatic rings. The van der Waals surface area contributed by atoms with Gasteiger partial charge in [0.2, 0.25) is 41.4 Å². The average Bonchev–Trinajstić information content (AvgIpc) is 1.22. The van der Waals surface area contributed by atoms with Crippen molar-refractivity contribution >= 4 is 76.1 Å². The maximum absolute atomic E-state index is 14.2. The lowest BCUT2D eigenvalue weighted by Gasteiger charge is -2.29. The summed E-state index contributed by atoms with van der Waals surface area (Å²) in [4.78, 5) is 114. The molecule has 3 heterocycles. The van der Waals surface area contributed by atoms with Crippen LogP contribution in [0.5, 0.6) is 0 Å². The first-order valence-electron chi connectivity index (χ1n) is 46.3. The predicted octanol–water partition coefficient (Wildman–Crippen LogP) is 13.6. The van der Waals surface area contributed by atoms with Crippen molar-refractivity contribution in [2.75, 3.05) is 85.1 Å². The number of amides is 8. The van der Waals surface area contributed by atoms with Crippen LogP contribution in [0.15, 0.2) is 272 Å². The zero-order valence-electron chi connectivity index (χ0n) is 75.7. The first-order chi connectivity index (χ1) is 63.3. The molecule has 23 nitrogen and oxygen atoms in total. The second-order valence-corrected chi connectivity index (χ2v) is 34.3. The maximum atomic E-state index is 14.2. The Morgan fingerprint density at radius 3 is 1.29 bits per heavy atom. The van der Waals surface area contributed by atoms with E-state index in [2.05, 4.69) is 103 Å². The number of hydrogen-bond acceptors (Lipinski definition) is 13. The highest BCUT2D eigenvalue weighted by Crippen LogP contribution is 2.31. The lowest BCUT2D eigenvalue weighted by Crippen LogP contribution is -2.49. The van der Waals surface area contributed by atoms with Gasteiger partial charge < -0.3 is 73.4 Å². The van der Waals surface area contributed by atoms with Crippen LogP contribution in [0.2, 0.25) is 0 Å². The van der Waals surface area contributed by atoms with E-state index in [9.17, 15) is 38.4 Å². The average molecular weight is 1760 g/mol. The second-order valence-electron chi connectivity index (χ2n) is 34.3. The molecule has 1 aliphatic carbocycles. The van der Waals surface area contributed by atoms with Gasteiger partial charge in [-0.3, -0.25) is 43.3 Å². The highest BCUT2D eigenvalue weighted by atomic mass is 16.5. The number of fused-ring (bicyclic) bond motifs is 1. The number of carbonyl (C=O) groups excluding carboxylic acids is 8. The van der Waals surface area contributed by atoms with E-state index in [1.165, 1.54) is 46.7 Å². The van der Waals surface area contributed by atoms with Gasteiger partial charge in [0.05, 0.1) is 31.3 Å². The van der Waals surface area contributed by atoms with Gasteiger partial charge in [-0.05, 0) is 158 Å². The molecule has 23 heteroatoms. The molecule has 3 saturated heterocycles. The van der Waals surface area contributed by atoms with Crippen LogP contribution < -0.4 is 54.0 Å². The van der Waals surface area contributed by atoms with Crippen LogP contribution in [0.25, 0.3) is 22.9 Å². The summed E-state index contributed by atoms with van der Waals surface area (Å²) in [5.74, 6) is -0.0172. The topological polar surface area (TPSA) is 316 Å². The van der Waals surface area contributed by atoms with Crippen LogP contribution in [-0.4, -0.2) is 189 Å². The number of nitrogens with one attached hydrogen (secondary N) is 8. The molecule has 13 rings (SSSR count). The Morgan fingerprint density at radius 2 is 0.862 bits per heavy atom. The number of carbonyl (C=O) groups is 8.